The molecule has 0 fully saturated rings. The van der Waals surface area contributed by atoms with Crippen molar-refractivity contribution in [3.8, 4) is 0 Å². The van der Waals surface area contributed by atoms with Gasteiger partial charge in [0.1, 0.15) is 0 Å². The van der Waals surface area contributed by atoms with E-state index in [1.54, 1.807) is 76.2 Å². The highest BCUT2D eigenvalue weighted by atomic mass is 16.6. The Morgan fingerprint density at radius 3 is 0.962 bits per heavy atom. The van der Waals surface area contributed by atoms with Crippen molar-refractivity contribution in [3.63, 3.8) is 0 Å². The summed E-state index contributed by atoms with van der Waals surface area (Å²) < 4.78 is 20.0. The number of anilines is 4. The van der Waals surface area contributed by atoms with Crippen molar-refractivity contribution < 1.29 is 48.3 Å². The van der Waals surface area contributed by atoms with Crippen LogP contribution >= 0.6 is 0 Å². The van der Waals surface area contributed by atoms with E-state index in [4.69, 9.17) is 18.9 Å². The highest BCUT2D eigenvalue weighted by Gasteiger charge is 2.28. The highest BCUT2D eigenvalue weighted by molar-refractivity contribution is 5.86. The van der Waals surface area contributed by atoms with E-state index in [-0.39, 0.29) is 12.2 Å². The van der Waals surface area contributed by atoms with E-state index in [2.05, 4.69) is 21.3 Å². The van der Waals surface area contributed by atoms with Gasteiger partial charge in [0, 0.05) is 22.7 Å². The average Bonchev–Trinajstić information content (AvgIpc) is 3.09. The van der Waals surface area contributed by atoms with Gasteiger partial charge < -0.3 is 29.2 Å². The molecule has 0 radical (unpaired) electrons. The number of nitrogens with one attached hydrogen (secondary N) is 4. The maximum atomic E-state index is 12.3. The van der Waals surface area contributed by atoms with Crippen molar-refractivity contribution in [1.82, 2.24) is 0 Å². The van der Waals surface area contributed by atoms with Gasteiger partial charge in [0.05, 0.1) is 12.2 Å². The van der Waals surface area contributed by atoms with Crippen LogP contribution in [-0.4, -0.2) is 65.8 Å². The smallest absolute Gasteiger partial charge is 0.411 e. The van der Waals surface area contributed by atoms with E-state index < -0.39 is 43.4 Å². The van der Waals surface area contributed by atoms with Gasteiger partial charge in [-0.3, -0.25) is 21.3 Å². The monoisotopic (exact) mass is 728 g/mol. The van der Waals surface area contributed by atoms with Gasteiger partial charge >= 0.3 is 24.4 Å². The molecule has 4 aromatic rings. The van der Waals surface area contributed by atoms with Crippen LogP contribution in [0.2, 0.25) is 0 Å². The Bertz CT molecular complexity index is 1680. The minimum Gasteiger partial charge on any atom is -0.447 e. The van der Waals surface area contributed by atoms with Crippen LogP contribution in [0.1, 0.15) is 49.9 Å². The first-order chi connectivity index (χ1) is 25.2. The maximum absolute atomic E-state index is 12.3. The van der Waals surface area contributed by atoms with E-state index in [0.717, 1.165) is 22.3 Å². The van der Waals surface area contributed by atoms with Gasteiger partial charge in [-0.15, -0.1) is 0 Å². The van der Waals surface area contributed by atoms with E-state index in [9.17, 15) is 29.4 Å². The Kier molecular flexibility index (Phi) is 14.2. The molecule has 0 unspecified atom stereocenters. The van der Waals surface area contributed by atoms with Crippen LogP contribution in [0, 0.1) is 0 Å². The van der Waals surface area contributed by atoms with Gasteiger partial charge in [0.2, 0.25) is 5.79 Å². The molecule has 0 aromatic heterocycles. The summed E-state index contributed by atoms with van der Waals surface area (Å²) in [6.07, 6.45) is -2.15. The second kappa shape index (κ2) is 18.9. The molecule has 0 bridgehead atoms. The quantitative estimate of drug-likeness (QED) is 0.0568. The van der Waals surface area contributed by atoms with Crippen LogP contribution in [0.3, 0.4) is 0 Å². The predicted molar refractivity (Wildman–Crippen MR) is 199 cm³/mol. The van der Waals surface area contributed by atoms with Crippen LogP contribution in [0.15, 0.2) is 97.1 Å². The number of benzene rings is 4. The molecule has 0 aliphatic carbocycles. The summed E-state index contributed by atoms with van der Waals surface area (Å²) in [5.74, 6) is -2.64. The molecule has 0 aliphatic heterocycles. The fraction of sp³-hybridized carbons (Fsp3) is 0.282. The molecule has 6 N–H and O–H groups in total. The van der Waals surface area contributed by atoms with Crippen LogP contribution in [-0.2, 0) is 31.8 Å². The molecule has 4 aromatic carbocycles. The minimum atomic E-state index is -2.64. The lowest BCUT2D eigenvalue weighted by Gasteiger charge is -2.21. The fourth-order valence-electron chi connectivity index (χ4n) is 4.73. The SMILES string of the molecule is CC(C)OC(=O)Nc1ccc(Cc2ccc(NC(=O)OCC(O)(O)COC(=O)Nc3ccc(Cc4ccc(NC(=O)OC(C)C)cc4)cc3)cc2)cc1. The van der Waals surface area contributed by atoms with E-state index in [1.807, 2.05) is 48.5 Å². The number of hydrogen-bond acceptors (Lipinski definition) is 10. The Hall–Kier alpha value is -6.12. The summed E-state index contributed by atoms with van der Waals surface area (Å²) in [4.78, 5) is 48.1. The molecular weight excluding hydrogens is 684 g/mol. The molecule has 0 saturated carbocycles. The number of aliphatic hydroxyl groups is 2. The van der Waals surface area contributed by atoms with Crippen molar-refractivity contribution in [3.05, 3.63) is 119 Å². The molecule has 0 saturated heterocycles. The predicted octanol–water partition coefficient (Wildman–Crippen LogP) is 7.26. The number of carbonyl (C=O) groups excluding carboxylic acids is 4. The molecule has 0 heterocycles. The Morgan fingerprint density at radius 1 is 0.472 bits per heavy atom. The zero-order chi connectivity index (χ0) is 38.4. The van der Waals surface area contributed by atoms with E-state index in [1.165, 1.54) is 0 Å². The third-order valence-corrected chi connectivity index (χ3v) is 7.17. The molecule has 14 nitrogen and oxygen atoms in total. The molecule has 280 valence electrons. The molecule has 0 atom stereocenters. The molecule has 4 rings (SSSR count). The minimum absolute atomic E-state index is 0.220. The molecule has 14 heteroatoms. The van der Waals surface area contributed by atoms with Gasteiger partial charge in [-0.05, 0) is 111 Å². The molecule has 53 heavy (non-hydrogen) atoms. The summed E-state index contributed by atoms with van der Waals surface area (Å²) in [6, 6.07) is 28.6. The Morgan fingerprint density at radius 2 is 0.717 bits per heavy atom. The molecule has 4 amide bonds. The van der Waals surface area contributed by atoms with Gasteiger partial charge in [-0.25, -0.2) is 19.2 Å². The standard InChI is InChI=1S/C39H44N4O10/c1-25(2)52-37(46)42-33-17-9-29(10-18-33)21-27-5-13-31(14-6-27)40-35(44)50-23-39(48,49)24-51-36(45)41-32-15-7-28(8-16-32)22-30-11-19-34(20-12-30)43-38(47)53-26(3)4/h5-20,25-26,48-49H,21-24H2,1-4H3,(H,40,44)(H,41,45)(H,42,46)(H,43,47). The van der Waals surface area contributed by atoms with Gasteiger partial charge in [0.25, 0.3) is 0 Å². The topological polar surface area (TPSA) is 194 Å². The summed E-state index contributed by atoms with van der Waals surface area (Å²) >= 11 is 0. The molecular formula is C39H44N4O10. The van der Waals surface area contributed by atoms with Crippen LogP contribution in [0.5, 0.6) is 0 Å². The first-order valence-electron chi connectivity index (χ1n) is 16.8. The van der Waals surface area contributed by atoms with Crippen LogP contribution in [0.4, 0.5) is 41.9 Å². The maximum Gasteiger partial charge on any atom is 0.411 e. The molecule has 0 spiro atoms. The van der Waals surface area contributed by atoms with Crippen molar-refractivity contribution in [2.24, 2.45) is 0 Å². The van der Waals surface area contributed by atoms with E-state index >= 15 is 0 Å². The second-order valence-corrected chi connectivity index (χ2v) is 12.7. The van der Waals surface area contributed by atoms with Gasteiger partial charge in [0.15, 0.2) is 13.2 Å². The summed E-state index contributed by atoms with van der Waals surface area (Å²) in [7, 11) is 0. The van der Waals surface area contributed by atoms with Crippen molar-refractivity contribution >= 4 is 47.1 Å². The third-order valence-electron chi connectivity index (χ3n) is 7.17. The summed E-state index contributed by atoms with van der Waals surface area (Å²) in [6.45, 7) is 5.35. The lowest BCUT2D eigenvalue weighted by atomic mass is 10.0. The number of amides is 4. The largest absolute Gasteiger partial charge is 0.447 e. The van der Waals surface area contributed by atoms with E-state index in [0.29, 0.717) is 35.6 Å². The Balaban J connectivity index is 1.14. The van der Waals surface area contributed by atoms with Crippen molar-refractivity contribution in [2.75, 3.05) is 34.5 Å². The first-order valence-corrected chi connectivity index (χ1v) is 16.8. The fourth-order valence-corrected chi connectivity index (χ4v) is 4.73. The number of carbonyl (C=O) groups is 4. The normalized spacial score (nSPS) is 11.0. The number of ether oxygens (including phenoxy) is 4. The van der Waals surface area contributed by atoms with Crippen molar-refractivity contribution in [1.29, 1.82) is 0 Å². The summed E-state index contributed by atoms with van der Waals surface area (Å²) in [5, 5.41) is 30.7. The van der Waals surface area contributed by atoms with Crippen LogP contribution in [0.25, 0.3) is 0 Å². The first kappa shape index (κ1) is 39.7. The zero-order valence-corrected chi connectivity index (χ0v) is 29.9. The zero-order valence-electron chi connectivity index (χ0n) is 29.9. The lowest BCUT2D eigenvalue weighted by molar-refractivity contribution is -0.206. The highest BCUT2D eigenvalue weighted by Crippen LogP contribution is 2.19. The summed E-state index contributed by atoms with van der Waals surface area (Å²) in [5.41, 5.74) is 5.99. The second-order valence-electron chi connectivity index (χ2n) is 12.7. The third kappa shape index (κ3) is 14.6. The van der Waals surface area contributed by atoms with Crippen molar-refractivity contribution in [2.45, 2.75) is 58.5 Å². The van der Waals surface area contributed by atoms with Gasteiger partial charge in [-0.2, -0.15) is 0 Å². The molecule has 0 aliphatic rings. The average molecular weight is 729 g/mol. The Labute approximate surface area is 307 Å². The lowest BCUT2D eigenvalue weighted by Crippen LogP contribution is -2.41. The van der Waals surface area contributed by atoms with Gasteiger partial charge in [-0.1, -0.05) is 48.5 Å². The number of rotatable bonds is 14. The number of hydrogen-bond donors (Lipinski definition) is 6. The van der Waals surface area contributed by atoms with Crippen LogP contribution < -0.4 is 21.3 Å².